The summed E-state index contributed by atoms with van der Waals surface area (Å²) in [6, 6.07) is 13.2. The summed E-state index contributed by atoms with van der Waals surface area (Å²) in [6.07, 6.45) is 3.94. The molecule has 0 saturated carbocycles. The Balaban J connectivity index is 1.66. The summed E-state index contributed by atoms with van der Waals surface area (Å²) < 4.78 is 1.30. The number of nitrogens with one attached hydrogen (secondary N) is 1. The van der Waals surface area contributed by atoms with Crippen LogP contribution in [0.2, 0.25) is 0 Å². The lowest BCUT2D eigenvalue weighted by Gasteiger charge is -2.53. The van der Waals surface area contributed by atoms with Crippen molar-refractivity contribution in [1.29, 1.82) is 0 Å². The average Bonchev–Trinajstić information content (AvgIpc) is 3.03. The smallest absolute Gasteiger partial charge is 0.157 e. The molecule has 0 bridgehead atoms. The number of anilines is 1. The van der Waals surface area contributed by atoms with Crippen LogP contribution in [0.15, 0.2) is 42.6 Å². The van der Waals surface area contributed by atoms with E-state index in [-0.39, 0.29) is 11.1 Å². The highest BCUT2D eigenvalue weighted by Crippen LogP contribution is 2.40. The fourth-order valence-electron chi connectivity index (χ4n) is 4.42. The minimum absolute atomic E-state index is 0.138. The second-order valence-corrected chi connectivity index (χ2v) is 9.96. The van der Waals surface area contributed by atoms with E-state index in [1.807, 2.05) is 11.3 Å². The number of aromatic nitrogens is 2. The lowest BCUT2D eigenvalue weighted by atomic mass is 9.77. The van der Waals surface area contributed by atoms with Crippen LogP contribution in [-0.2, 0) is 0 Å². The molecular weight excluding hydrogens is 352 g/mol. The monoisotopic (exact) mass is 380 g/mol. The quantitative estimate of drug-likeness (QED) is 0.658. The van der Waals surface area contributed by atoms with Gasteiger partial charge in [0.15, 0.2) is 5.82 Å². The zero-order valence-corrected chi connectivity index (χ0v) is 17.6. The van der Waals surface area contributed by atoms with Gasteiger partial charge >= 0.3 is 0 Å². The molecule has 1 fully saturated rings. The molecular formula is C22H28N4S. The van der Waals surface area contributed by atoms with Crippen LogP contribution in [0.5, 0.6) is 0 Å². The first kappa shape index (κ1) is 18.4. The highest BCUT2D eigenvalue weighted by atomic mass is 32.1. The zero-order chi connectivity index (χ0) is 19.2. The van der Waals surface area contributed by atoms with Crippen LogP contribution in [0.1, 0.15) is 40.5 Å². The number of hydrogen-bond acceptors (Lipinski definition) is 5. The highest BCUT2D eigenvalue weighted by Gasteiger charge is 2.43. The number of benzene rings is 1. The van der Waals surface area contributed by atoms with Crippen molar-refractivity contribution in [3.8, 4) is 10.4 Å². The van der Waals surface area contributed by atoms with Crippen molar-refractivity contribution in [3.63, 3.8) is 0 Å². The topological polar surface area (TPSA) is 41.0 Å². The molecule has 1 aliphatic heterocycles. The molecule has 3 heterocycles. The van der Waals surface area contributed by atoms with Crippen molar-refractivity contribution < 1.29 is 0 Å². The Kier molecular flexibility index (Phi) is 4.47. The van der Waals surface area contributed by atoms with Crippen LogP contribution in [0.3, 0.4) is 0 Å². The van der Waals surface area contributed by atoms with Crippen molar-refractivity contribution in [2.75, 3.05) is 12.4 Å². The standard InChI is InChI=1S/C22H28N4S/c1-21(2)13-16(14-22(3,4)26(21)5)24-20-17(10-11-23-25-20)19-12-15-8-6-7-9-18(15)27-19/h6-12,16H,13-14H2,1-5H3,(H,24,25). The summed E-state index contributed by atoms with van der Waals surface area (Å²) in [4.78, 5) is 3.74. The van der Waals surface area contributed by atoms with Crippen LogP contribution < -0.4 is 5.32 Å². The third kappa shape index (κ3) is 3.46. The maximum absolute atomic E-state index is 4.47. The van der Waals surface area contributed by atoms with Gasteiger partial charge in [-0.15, -0.1) is 16.4 Å². The summed E-state index contributed by atoms with van der Waals surface area (Å²) in [7, 11) is 2.24. The molecule has 142 valence electrons. The van der Waals surface area contributed by atoms with Crippen molar-refractivity contribution in [2.45, 2.75) is 57.7 Å². The van der Waals surface area contributed by atoms with Gasteiger partial charge in [-0.05, 0) is 71.2 Å². The third-order valence-corrected chi connectivity index (χ3v) is 7.21. The molecule has 0 aliphatic carbocycles. The number of hydrogen-bond donors (Lipinski definition) is 1. The molecule has 4 nitrogen and oxygen atoms in total. The molecule has 2 aromatic heterocycles. The van der Waals surface area contributed by atoms with Gasteiger partial charge in [-0.25, -0.2) is 0 Å². The van der Waals surface area contributed by atoms with Crippen molar-refractivity contribution in [3.05, 3.63) is 42.6 Å². The van der Waals surface area contributed by atoms with Gasteiger partial charge < -0.3 is 5.32 Å². The van der Waals surface area contributed by atoms with E-state index in [0.717, 1.165) is 24.2 Å². The SMILES string of the molecule is CN1C(C)(C)CC(Nc2nnccc2-c2cc3ccccc3s2)CC1(C)C. The minimum Gasteiger partial charge on any atom is -0.365 e. The number of fused-ring (bicyclic) bond motifs is 1. The molecule has 0 radical (unpaired) electrons. The molecule has 5 heteroatoms. The number of nitrogens with zero attached hydrogens (tertiary/aromatic N) is 3. The van der Waals surface area contributed by atoms with E-state index in [1.54, 1.807) is 6.20 Å². The first-order chi connectivity index (χ1) is 12.8. The molecule has 0 unspecified atom stereocenters. The zero-order valence-electron chi connectivity index (χ0n) is 16.8. The Morgan fingerprint density at radius 3 is 2.48 bits per heavy atom. The first-order valence-corrected chi connectivity index (χ1v) is 10.4. The van der Waals surface area contributed by atoms with Gasteiger partial charge in [0.1, 0.15) is 0 Å². The predicted octanol–water partition coefficient (Wildman–Crippen LogP) is 5.42. The summed E-state index contributed by atoms with van der Waals surface area (Å²) in [6.45, 7) is 9.30. The Hall–Kier alpha value is -1.98. The number of rotatable bonds is 3. The van der Waals surface area contributed by atoms with E-state index in [9.17, 15) is 0 Å². The van der Waals surface area contributed by atoms with E-state index in [4.69, 9.17) is 0 Å². The molecule has 27 heavy (non-hydrogen) atoms. The normalized spacial score (nSPS) is 20.0. The molecule has 1 N–H and O–H groups in total. The van der Waals surface area contributed by atoms with Gasteiger partial charge in [-0.1, -0.05) is 18.2 Å². The molecule has 4 rings (SSSR count). The molecule has 1 aliphatic rings. The van der Waals surface area contributed by atoms with Crippen molar-refractivity contribution >= 4 is 27.2 Å². The van der Waals surface area contributed by atoms with E-state index >= 15 is 0 Å². The molecule has 1 saturated heterocycles. The highest BCUT2D eigenvalue weighted by molar-refractivity contribution is 7.22. The van der Waals surface area contributed by atoms with Gasteiger partial charge in [0, 0.05) is 32.3 Å². The molecule has 0 spiro atoms. The molecule has 3 aromatic rings. The lowest BCUT2D eigenvalue weighted by Crippen LogP contribution is -2.61. The maximum Gasteiger partial charge on any atom is 0.157 e. The van der Waals surface area contributed by atoms with Gasteiger partial charge in [-0.2, -0.15) is 5.10 Å². The van der Waals surface area contributed by atoms with Crippen molar-refractivity contribution in [2.24, 2.45) is 0 Å². The van der Waals surface area contributed by atoms with Gasteiger partial charge in [0.05, 0.1) is 6.20 Å². The second kappa shape index (κ2) is 6.57. The fourth-order valence-corrected chi connectivity index (χ4v) is 5.51. The minimum atomic E-state index is 0.138. The predicted molar refractivity (Wildman–Crippen MR) is 115 cm³/mol. The van der Waals surface area contributed by atoms with Crippen LogP contribution in [0.4, 0.5) is 5.82 Å². The van der Waals surface area contributed by atoms with Gasteiger partial charge in [0.2, 0.25) is 0 Å². The van der Waals surface area contributed by atoms with E-state index in [1.165, 1.54) is 15.0 Å². The fraction of sp³-hybridized carbons (Fsp3) is 0.455. The van der Waals surface area contributed by atoms with Crippen LogP contribution in [-0.4, -0.2) is 39.3 Å². The number of likely N-dealkylation sites (tertiary alicyclic amines) is 1. The number of thiophene rings is 1. The van der Waals surface area contributed by atoms with Crippen molar-refractivity contribution in [1.82, 2.24) is 15.1 Å². The van der Waals surface area contributed by atoms with E-state index < -0.39 is 0 Å². The maximum atomic E-state index is 4.47. The van der Waals surface area contributed by atoms with Crippen LogP contribution in [0.25, 0.3) is 20.5 Å². The largest absolute Gasteiger partial charge is 0.365 e. The summed E-state index contributed by atoms with van der Waals surface area (Å²) in [5.41, 5.74) is 1.42. The molecule has 0 atom stereocenters. The Morgan fingerprint density at radius 2 is 1.78 bits per heavy atom. The van der Waals surface area contributed by atoms with Gasteiger partial charge in [0.25, 0.3) is 0 Å². The number of piperidine rings is 1. The Labute approximate surface area is 165 Å². The molecule has 1 aromatic carbocycles. The van der Waals surface area contributed by atoms with Crippen LogP contribution >= 0.6 is 11.3 Å². The Morgan fingerprint density at radius 1 is 1.07 bits per heavy atom. The van der Waals surface area contributed by atoms with E-state index in [2.05, 4.69) is 91.6 Å². The first-order valence-electron chi connectivity index (χ1n) is 9.57. The summed E-state index contributed by atoms with van der Waals surface area (Å²) in [5, 5.41) is 13.6. The Bertz CT molecular complexity index is 909. The lowest BCUT2D eigenvalue weighted by molar-refractivity contribution is -0.00773. The molecule has 0 amide bonds. The summed E-state index contributed by atoms with van der Waals surface area (Å²) in [5.74, 6) is 0.894. The van der Waals surface area contributed by atoms with E-state index in [0.29, 0.717) is 6.04 Å². The second-order valence-electron chi connectivity index (χ2n) is 8.88. The summed E-state index contributed by atoms with van der Waals surface area (Å²) >= 11 is 1.81. The third-order valence-electron chi connectivity index (χ3n) is 6.06. The van der Waals surface area contributed by atoms with Crippen LogP contribution in [0, 0.1) is 0 Å². The average molecular weight is 381 g/mol. The van der Waals surface area contributed by atoms with Gasteiger partial charge in [-0.3, -0.25) is 4.90 Å².